The number of aromatic nitrogens is 2. The molecule has 0 atom stereocenters. The summed E-state index contributed by atoms with van der Waals surface area (Å²) in [4.78, 5) is 0. The Bertz CT molecular complexity index is 831. The van der Waals surface area contributed by atoms with Gasteiger partial charge in [-0.15, -0.1) is 0 Å². The van der Waals surface area contributed by atoms with Crippen LogP contribution in [0.2, 0.25) is 0 Å². The molecule has 3 N–H and O–H groups in total. The number of fused-ring (bicyclic) bond motifs is 2. The largest absolute Gasteiger partial charge is 0.454 e. The number of nitrogens with two attached hydrogens (primary N) is 1. The molecule has 1 aliphatic heterocycles. The quantitative estimate of drug-likeness (QED) is 0.676. The van der Waals surface area contributed by atoms with E-state index >= 15 is 0 Å². The van der Waals surface area contributed by atoms with E-state index < -0.39 is 0 Å². The van der Waals surface area contributed by atoms with Crippen LogP contribution >= 0.6 is 12.2 Å². The van der Waals surface area contributed by atoms with Crippen molar-refractivity contribution in [3.8, 4) is 11.5 Å². The van der Waals surface area contributed by atoms with Crippen LogP contribution in [0.3, 0.4) is 0 Å². The van der Waals surface area contributed by atoms with Gasteiger partial charge in [0.1, 0.15) is 17.1 Å². The molecule has 0 saturated carbocycles. The van der Waals surface area contributed by atoms with Gasteiger partial charge in [-0.3, -0.25) is 0 Å². The molecule has 3 heterocycles. The zero-order chi connectivity index (χ0) is 15.1. The molecule has 6 heteroatoms. The first-order chi connectivity index (χ1) is 10.7. The Morgan fingerprint density at radius 3 is 3.00 bits per heavy atom. The number of furan rings is 1. The first-order valence-corrected chi connectivity index (χ1v) is 7.79. The summed E-state index contributed by atoms with van der Waals surface area (Å²) in [5.41, 5.74) is 8.63. The first-order valence-electron chi connectivity index (χ1n) is 7.38. The van der Waals surface area contributed by atoms with Crippen LogP contribution in [0.5, 0.6) is 0 Å². The van der Waals surface area contributed by atoms with Gasteiger partial charge in [-0.25, -0.2) is 0 Å². The number of thiocarbonyl (C=S) groups is 1. The molecule has 2 aromatic heterocycles. The van der Waals surface area contributed by atoms with Gasteiger partial charge in [0, 0.05) is 17.5 Å². The van der Waals surface area contributed by atoms with Gasteiger partial charge in [0.05, 0.1) is 0 Å². The van der Waals surface area contributed by atoms with Crippen molar-refractivity contribution in [3.05, 3.63) is 35.9 Å². The van der Waals surface area contributed by atoms with Gasteiger partial charge in [-0.1, -0.05) is 18.2 Å². The van der Waals surface area contributed by atoms with Crippen molar-refractivity contribution >= 4 is 34.1 Å². The van der Waals surface area contributed by atoms with Crippen molar-refractivity contribution in [2.24, 2.45) is 5.73 Å². The van der Waals surface area contributed by atoms with Gasteiger partial charge in [0.2, 0.25) is 0 Å². The Kier molecular flexibility index (Phi) is 3.11. The minimum Gasteiger partial charge on any atom is -0.454 e. The predicted octanol–water partition coefficient (Wildman–Crippen LogP) is 3.14. The second-order valence-electron chi connectivity index (χ2n) is 5.46. The number of nitrogens with one attached hydrogen (secondary N) is 1. The van der Waals surface area contributed by atoms with Crippen LogP contribution in [-0.4, -0.2) is 21.4 Å². The van der Waals surface area contributed by atoms with Crippen LogP contribution < -0.4 is 11.1 Å². The highest BCUT2D eigenvalue weighted by Gasteiger charge is 2.23. The van der Waals surface area contributed by atoms with E-state index in [0.29, 0.717) is 0 Å². The summed E-state index contributed by atoms with van der Waals surface area (Å²) in [5, 5.41) is 9.29. The standard InChI is InChI=1S/C16H16N4OS/c17-16(22)20-15-11(6-3-4-8-18-15)14(19-20)13-9-10-5-1-2-7-12(10)21-13/h1-2,5,7,9,18H,3-4,6,8H2,(H2,17,22). The van der Waals surface area contributed by atoms with Gasteiger partial charge < -0.3 is 15.5 Å². The molecular formula is C16H16N4OS. The molecule has 3 aromatic rings. The second kappa shape index (κ2) is 5.14. The molecule has 0 fully saturated rings. The Morgan fingerprint density at radius 1 is 1.32 bits per heavy atom. The molecular weight excluding hydrogens is 296 g/mol. The molecule has 0 amide bonds. The zero-order valence-electron chi connectivity index (χ0n) is 12.0. The SMILES string of the molecule is NC(=S)n1nc(-c2cc3ccccc3o2)c2c1NCCCC2. The molecule has 0 saturated heterocycles. The lowest BCUT2D eigenvalue weighted by Crippen LogP contribution is -2.22. The Labute approximate surface area is 133 Å². The maximum Gasteiger partial charge on any atom is 0.193 e. The van der Waals surface area contributed by atoms with Crippen molar-refractivity contribution in [1.29, 1.82) is 0 Å². The van der Waals surface area contributed by atoms with Crippen molar-refractivity contribution in [2.75, 3.05) is 11.9 Å². The maximum atomic E-state index is 5.97. The zero-order valence-corrected chi connectivity index (χ0v) is 12.8. The van der Waals surface area contributed by atoms with Crippen LogP contribution in [-0.2, 0) is 6.42 Å². The minimum absolute atomic E-state index is 0.244. The molecule has 22 heavy (non-hydrogen) atoms. The van der Waals surface area contributed by atoms with Crippen LogP contribution in [0, 0.1) is 0 Å². The molecule has 112 valence electrons. The van der Waals surface area contributed by atoms with Crippen LogP contribution in [0.15, 0.2) is 34.7 Å². The van der Waals surface area contributed by atoms with Crippen molar-refractivity contribution < 1.29 is 4.42 Å². The van der Waals surface area contributed by atoms with Crippen molar-refractivity contribution in [3.63, 3.8) is 0 Å². The summed E-state index contributed by atoms with van der Waals surface area (Å²) in [6.45, 7) is 0.904. The number of hydrogen-bond donors (Lipinski definition) is 2. The number of rotatable bonds is 1. The van der Waals surface area contributed by atoms with Crippen molar-refractivity contribution in [1.82, 2.24) is 9.78 Å². The summed E-state index contributed by atoms with van der Waals surface area (Å²) in [6, 6.07) is 9.97. The van der Waals surface area contributed by atoms with Crippen LogP contribution in [0.1, 0.15) is 18.4 Å². The predicted molar refractivity (Wildman–Crippen MR) is 91.0 cm³/mol. The lowest BCUT2D eigenvalue weighted by Gasteiger charge is -2.06. The van der Waals surface area contributed by atoms with E-state index in [1.54, 1.807) is 4.68 Å². The third-order valence-corrected chi connectivity index (χ3v) is 4.17. The summed E-state index contributed by atoms with van der Waals surface area (Å²) in [7, 11) is 0. The van der Waals surface area contributed by atoms with E-state index in [-0.39, 0.29) is 5.11 Å². The molecule has 1 aliphatic rings. The fourth-order valence-electron chi connectivity index (χ4n) is 2.96. The normalized spacial score (nSPS) is 14.4. The minimum atomic E-state index is 0.244. The van der Waals surface area contributed by atoms with E-state index in [1.807, 2.05) is 30.3 Å². The summed E-state index contributed by atoms with van der Waals surface area (Å²) < 4.78 is 7.58. The fraction of sp³-hybridized carbons (Fsp3) is 0.250. The molecule has 0 radical (unpaired) electrons. The van der Waals surface area contributed by atoms with Gasteiger partial charge >= 0.3 is 0 Å². The molecule has 0 spiro atoms. The third-order valence-electron chi connectivity index (χ3n) is 4.00. The molecule has 0 bridgehead atoms. The summed E-state index contributed by atoms with van der Waals surface area (Å²) >= 11 is 5.13. The molecule has 5 nitrogen and oxygen atoms in total. The maximum absolute atomic E-state index is 5.97. The topological polar surface area (TPSA) is 69.0 Å². The van der Waals surface area contributed by atoms with Gasteiger partial charge in [0.15, 0.2) is 10.9 Å². The highest BCUT2D eigenvalue weighted by Crippen LogP contribution is 2.34. The van der Waals surface area contributed by atoms with Gasteiger partial charge in [0.25, 0.3) is 0 Å². The molecule has 0 unspecified atom stereocenters. The Morgan fingerprint density at radius 2 is 2.18 bits per heavy atom. The van der Waals surface area contributed by atoms with E-state index in [9.17, 15) is 0 Å². The van der Waals surface area contributed by atoms with Gasteiger partial charge in [-0.2, -0.15) is 9.78 Å². The van der Waals surface area contributed by atoms with E-state index in [4.69, 9.17) is 22.4 Å². The molecule has 0 aliphatic carbocycles. The van der Waals surface area contributed by atoms with E-state index in [1.165, 1.54) is 0 Å². The smallest absolute Gasteiger partial charge is 0.193 e. The highest BCUT2D eigenvalue weighted by molar-refractivity contribution is 7.80. The van der Waals surface area contributed by atoms with Crippen LogP contribution in [0.25, 0.3) is 22.4 Å². The number of hydrogen-bond acceptors (Lipinski definition) is 4. The number of anilines is 1. The highest BCUT2D eigenvalue weighted by atomic mass is 32.1. The van der Waals surface area contributed by atoms with Gasteiger partial charge in [-0.05, 0) is 43.6 Å². The first kappa shape index (κ1) is 13.3. The Hall–Kier alpha value is -2.34. The number of benzene rings is 1. The monoisotopic (exact) mass is 312 g/mol. The lowest BCUT2D eigenvalue weighted by molar-refractivity contribution is 0.626. The van der Waals surface area contributed by atoms with E-state index in [0.717, 1.165) is 59.6 Å². The fourth-order valence-corrected chi connectivity index (χ4v) is 3.09. The van der Waals surface area contributed by atoms with Crippen molar-refractivity contribution in [2.45, 2.75) is 19.3 Å². The second-order valence-corrected chi connectivity index (χ2v) is 5.88. The third kappa shape index (κ3) is 2.07. The molecule has 1 aromatic carbocycles. The van der Waals surface area contributed by atoms with Crippen LogP contribution in [0.4, 0.5) is 5.82 Å². The average Bonchev–Trinajstić information content (AvgIpc) is 3.01. The molecule has 4 rings (SSSR count). The lowest BCUT2D eigenvalue weighted by atomic mass is 10.1. The summed E-state index contributed by atoms with van der Waals surface area (Å²) in [5.74, 6) is 1.66. The summed E-state index contributed by atoms with van der Waals surface area (Å²) in [6.07, 6.45) is 3.17. The Balaban J connectivity index is 1.92. The van der Waals surface area contributed by atoms with E-state index in [2.05, 4.69) is 10.4 Å². The number of para-hydroxylation sites is 1. The number of nitrogens with zero attached hydrogens (tertiary/aromatic N) is 2. The average molecular weight is 312 g/mol.